The minimum absolute atomic E-state index is 0.187. The number of hydrogen-bond acceptors (Lipinski definition) is 4. The third-order valence-corrected chi connectivity index (χ3v) is 6.38. The predicted octanol–water partition coefficient (Wildman–Crippen LogP) is 3.17. The number of carbonyl (C=O) groups excluding carboxylic acids is 2. The Labute approximate surface area is 175 Å². The molecule has 0 fully saturated rings. The summed E-state index contributed by atoms with van der Waals surface area (Å²) in [6.45, 7) is 1.88. The van der Waals surface area contributed by atoms with Crippen LogP contribution in [0, 0.1) is 6.92 Å². The fourth-order valence-electron chi connectivity index (χ4n) is 2.78. The van der Waals surface area contributed by atoms with Gasteiger partial charge in [0, 0.05) is 23.9 Å². The Balaban J connectivity index is 1.77. The number of hydrogen-bond donors (Lipinski definition) is 2. The number of nitrogens with two attached hydrogens (primary N) is 1. The number of aryl methyl sites for hydroxylation is 1. The molecule has 0 saturated heterocycles. The highest BCUT2D eigenvalue weighted by molar-refractivity contribution is 7.92. The first-order chi connectivity index (χ1) is 14.2. The lowest BCUT2D eigenvalue weighted by Gasteiger charge is -2.20. The summed E-state index contributed by atoms with van der Waals surface area (Å²) in [5, 5.41) is 2.68. The SMILES string of the molecule is Cc1ccc(S(=O)(=O)N(C)c2ccc(C(=O)Nc3cccc(C(N)=O)c3)cc2)cc1. The number of sulfonamides is 1. The Morgan fingerprint density at radius 3 is 2.13 bits per heavy atom. The number of amides is 2. The van der Waals surface area contributed by atoms with Gasteiger partial charge in [-0.1, -0.05) is 23.8 Å². The van der Waals surface area contributed by atoms with Crippen LogP contribution >= 0.6 is 0 Å². The number of anilines is 2. The van der Waals surface area contributed by atoms with Crippen molar-refractivity contribution in [2.45, 2.75) is 11.8 Å². The van der Waals surface area contributed by atoms with E-state index in [-0.39, 0.29) is 10.5 Å². The zero-order valence-corrected chi connectivity index (χ0v) is 17.3. The molecule has 3 aromatic carbocycles. The third-order valence-electron chi connectivity index (χ3n) is 4.58. The van der Waals surface area contributed by atoms with Crippen LogP contribution in [0.4, 0.5) is 11.4 Å². The molecule has 0 aliphatic heterocycles. The summed E-state index contributed by atoms with van der Waals surface area (Å²) in [5.41, 5.74) is 7.68. The second kappa shape index (κ2) is 8.38. The van der Waals surface area contributed by atoms with Gasteiger partial charge in [0.1, 0.15) is 0 Å². The van der Waals surface area contributed by atoms with E-state index in [1.54, 1.807) is 54.6 Å². The second-order valence-electron chi connectivity index (χ2n) is 6.73. The zero-order chi connectivity index (χ0) is 21.9. The lowest BCUT2D eigenvalue weighted by molar-refractivity contribution is 0.0996. The molecule has 2 amide bonds. The van der Waals surface area contributed by atoms with Crippen molar-refractivity contribution in [2.24, 2.45) is 5.73 Å². The van der Waals surface area contributed by atoms with Gasteiger partial charge in [0.15, 0.2) is 0 Å². The molecule has 7 nitrogen and oxygen atoms in total. The molecule has 0 unspecified atom stereocenters. The summed E-state index contributed by atoms with van der Waals surface area (Å²) in [5.74, 6) is -0.986. The maximum atomic E-state index is 12.8. The number of nitrogens with one attached hydrogen (secondary N) is 1. The molecule has 30 heavy (non-hydrogen) atoms. The molecule has 0 spiro atoms. The van der Waals surface area contributed by atoms with Crippen molar-refractivity contribution < 1.29 is 18.0 Å². The Kier molecular flexibility index (Phi) is 5.89. The van der Waals surface area contributed by atoms with Crippen LogP contribution in [0.3, 0.4) is 0 Å². The van der Waals surface area contributed by atoms with Crippen LogP contribution in [0.25, 0.3) is 0 Å². The molecule has 0 atom stereocenters. The van der Waals surface area contributed by atoms with Crippen LogP contribution in [-0.2, 0) is 10.0 Å². The molecule has 3 aromatic rings. The number of carbonyl (C=O) groups is 2. The summed E-state index contributed by atoms with van der Waals surface area (Å²) in [6.07, 6.45) is 0. The van der Waals surface area contributed by atoms with Crippen molar-refractivity contribution in [1.29, 1.82) is 0 Å². The molecule has 0 radical (unpaired) electrons. The minimum Gasteiger partial charge on any atom is -0.366 e. The molecule has 8 heteroatoms. The van der Waals surface area contributed by atoms with Gasteiger partial charge < -0.3 is 11.1 Å². The van der Waals surface area contributed by atoms with E-state index in [0.717, 1.165) is 9.87 Å². The van der Waals surface area contributed by atoms with E-state index in [0.29, 0.717) is 16.9 Å². The average Bonchev–Trinajstić information content (AvgIpc) is 2.73. The van der Waals surface area contributed by atoms with Gasteiger partial charge in [0.25, 0.3) is 15.9 Å². The van der Waals surface area contributed by atoms with Crippen molar-refractivity contribution in [3.63, 3.8) is 0 Å². The first-order valence-electron chi connectivity index (χ1n) is 9.05. The number of benzene rings is 3. The summed E-state index contributed by atoms with van der Waals surface area (Å²) < 4.78 is 26.8. The standard InChI is InChI=1S/C22H21N3O4S/c1-15-6-12-20(13-7-15)30(28,29)25(2)19-10-8-16(9-11-19)22(27)24-18-5-3-4-17(14-18)21(23)26/h3-14H,1-2H3,(H2,23,26)(H,24,27). The molecule has 0 heterocycles. The Morgan fingerprint density at radius 2 is 1.53 bits per heavy atom. The molecule has 3 rings (SSSR count). The van der Waals surface area contributed by atoms with Crippen LogP contribution in [-0.4, -0.2) is 27.3 Å². The maximum Gasteiger partial charge on any atom is 0.264 e. The highest BCUT2D eigenvalue weighted by Crippen LogP contribution is 2.23. The van der Waals surface area contributed by atoms with Crippen molar-refractivity contribution in [3.05, 3.63) is 89.5 Å². The predicted molar refractivity (Wildman–Crippen MR) is 116 cm³/mol. The fourth-order valence-corrected chi connectivity index (χ4v) is 3.98. The molecule has 154 valence electrons. The summed E-state index contributed by atoms with van der Waals surface area (Å²) in [7, 11) is -2.26. The van der Waals surface area contributed by atoms with E-state index in [9.17, 15) is 18.0 Å². The van der Waals surface area contributed by atoms with Gasteiger partial charge >= 0.3 is 0 Å². The van der Waals surface area contributed by atoms with Crippen molar-refractivity contribution >= 4 is 33.2 Å². The highest BCUT2D eigenvalue weighted by Gasteiger charge is 2.21. The molecular formula is C22H21N3O4S. The van der Waals surface area contributed by atoms with E-state index >= 15 is 0 Å². The first kappa shape index (κ1) is 21.1. The van der Waals surface area contributed by atoms with Gasteiger partial charge in [-0.05, 0) is 61.5 Å². The lowest BCUT2D eigenvalue weighted by atomic mass is 10.1. The van der Waals surface area contributed by atoms with Gasteiger partial charge in [-0.25, -0.2) is 8.42 Å². The molecule has 0 aromatic heterocycles. The van der Waals surface area contributed by atoms with Crippen LogP contribution in [0.5, 0.6) is 0 Å². The summed E-state index contributed by atoms with van der Waals surface area (Å²) in [6, 6.07) is 19.1. The van der Waals surface area contributed by atoms with E-state index < -0.39 is 21.8 Å². The summed E-state index contributed by atoms with van der Waals surface area (Å²) >= 11 is 0. The summed E-state index contributed by atoms with van der Waals surface area (Å²) in [4.78, 5) is 23.9. The van der Waals surface area contributed by atoms with Crippen molar-refractivity contribution in [1.82, 2.24) is 0 Å². The fraction of sp³-hybridized carbons (Fsp3) is 0.0909. The smallest absolute Gasteiger partial charge is 0.264 e. The molecule has 0 aliphatic rings. The number of rotatable bonds is 6. The van der Waals surface area contributed by atoms with Gasteiger partial charge in [0.2, 0.25) is 5.91 Å². The molecule has 0 aliphatic carbocycles. The van der Waals surface area contributed by atoms with Crippen LogP contribution in [0.15, 0.2) is 77.7 Å². The molecule has 3 N–H and O–H groups in total. The first-order valence-corrected chi connectivity index (χ1v) is 10.5. The van der Waals surface area contributed by atoms with E-state index in [4.69, 9.17) is 5.73 Å². The van der Waals surface area contributed by atoms with Crippen LogP contribution < -0.4 is 15.4 Å². The normalized spacial score (nSPS) is 11.0. The quantitative estimate of drug-likeness (QED) is 0.634. The highest BCUT2D eigenvalue weighted by atomic mass is 32.2. The van der Waals surface area contributed by atoms with Gasteiger partial charge in [-0.3, -0.25) is 13.9 Å². The maximum absolute atomic E-state index is 12.8. The Bertz CT molecular complexity index is 1190. The molecule has 0 saturated carbocycles. The van der Waals surface area contributed by atoms with Gasteiger partial charge in [-0.15, -0.1) is 0 Å². The van der Waals surface area contributed by atoms with Gasteiger partial charge in [0.05, 0.1) is 10.6 Å². The number of nitrogens with zero attached hydrogens (tertiary/aromatic N) is 1. The number of primary amides is 1. The third kappa shape index (κ3) is 4.49. The lowest BCUT2D eigenvalue weighted by Crippen LogP contribution is -2.26. The Morgan fingerprint density at radius 1 is 0.900 bits per heavy atom. The van der Waals surface area contributed by atoms with E-state index in [1.807, 2.05) is 6.92 Å². The molecule has 0 bridgehead atoms. The van der Waals surface area contributed by atoms with Crippen molar-refractivity contribution in [3.8, 4) is 0 Å². The average molecular weight is 423 g/mol. The minimum atomic E-state index is -3.71. The monoisotopic (exact) mass is 423 g/mol. The van der Waals surface area contributed by atoms with Crippen molar-refractivity contribution in [2.75, 3.05) is 16.7 Å². The van der Waals surface area contributed by atoms with Crippen LogP contribution in [0.1, 0.15) is 26.3 Å². The topological polar surface area (TPSA) is 110 Å². The molecular weight excluding hydrogens is 402 g/mol. The van der Waals surface area contributed by atoms with E-state index in [2.05, 4.69) is 5.32 Å². The van der Waals surface area contributed by atoms with E-state index in [1.165, 1.54) is 25.2 Å². The zero-order valence-electron chi connectivity index (χ0n) is 16.5. The largest absolute Gasteiger partial charge is 0.366 e. The Hall–Kier alpha value is -3.65. The van der Waals surface area contributed by atoms with Gasteiger partial charge in [-0.2, -0.15) is 0 Å². The second-order valence-corrected chi connectivity index (χ2v) is 8.70. The van der Waals surface area contributed by atoms with Crippen LogP contribution in [0.2, 0.25) is 0 Å².